The van der Waals surface area contributed by atoms with Crippen molar-refractivity contribution in [1.82, 2.24) is 9.55 Å². The number of nitrogens with two attached hydrogens (primary N) is 1. The van der Waals surface area contributed by atoms with Crippen LogP contribution in [0, 0.1) is 24.6 Å². The predicted molar refractivity (Wildman–Crippen MR) is 101 cm³/mol. The lowest BCUT2D eigenvalue weighted by atomic mass is 10.0. The first-order valence-electron chi connectivity index (χ1n) is 9.69. The highest BCUT2D eigenvalue weighted by atomic mass is 19.3. The number of rotatable bonds is 5. The van der Waals surface area contributed by atoms with Gasteiger partial charge in [0.25, 0.3) is 12.0 Å². The molecular formula is C19H21F5N4O2. The first kappa shape index (κ1) is 20.8. The van der Waals surface area contributed by atoms with E-state index in [2.05, 4.69) is 0 Å². The van der Waals surface area contributed by atoms with Crippen LogP contribution in [-0.2, 0) is 6.05 Å². The van der Waals surface area contributed by atoms with Crippen LogP contribution < -0.4 is 21.9 Å². The average Bonchev–Trinajstić information content (AvgIpc) is 3.42. The molecule has 1 aliphatic heterocycles. The summed E-state index contributed by atoms with van der Waals surface area (Å²) in [6.07, 6.45) is -2.00. The van der Waals surface area contributed by atoms with Crippen LogP contribution in [0.15, 0.2) is 15.7 Å². The molecule has 1 saturated carbocycles. The number of nitrogens with one attached hydrogen (secondary N) is 1. The van der Waals surface area contributed by atoms with Gasteiger partial charge >= 0.3 is 11.7 Å². The molecular weight excluding hydrogens is 411 g/mol. The second-order valence-electron chi connectivity index (χ2n) is 8.09. The summed E-state index contributed by atoms with van der Waals surface area (Å²) in [6, 6.07) is -4.13. The maximum absolute atomic E-state index is 15.0. The molecule has 1 aliphatic carbocycles. The summed E-state index contributed by atoms with van der Waals surface area (Å²) in [6.45, 7) is 1.56. The summed E-state index contributed by atoms with van der Waals surface area (Å²) in [5, 5.41) is -0.367. The number of halogens is 5. The van der Waals surface area contributed by atoms with Gasteiger partial charge in [-0.1, -0.05) is 0 Å². The zero-order valence-electron chi connectivity index (χ0n) is 16.1. The summed E-state index contributed by atoms with van der Waals surface area (Å²) in [5.74, 6) is -2.50. The Balaban J connectivity index is 1.89. The molecule has 3 N–H and O–H groups in total. The van der Waals surface area contributed by atoms with Crippen LogP contribution >= 0.6 is 0 Å². The van der Waals surface area contributed by atoms with E-state index in [1.54, 1.807) is 0 Å². The summed E-state index contributed by atoms with van der Waals surface area (Å²) < 4.78 is 71.0. The maximum atomic E-state index is 15.0. The number of hydrogen-bond donors (Lipinski definition) is 2. The van der Waals surface area contributed by atoms with Gasteiger partial charge in [0.2, 0.25) is 0 Å². The number of fused-ring (bicyclic) bond motifs is 1. The van der Waals surface area contributed by atoms with Gasteiger partial charge in [-0.05, 0) is 38.2 Å². The van der Waals surface area contributed by atoms with Gasteiger partial charge < -0.3 is 10.6 Å². The number of aryl methyl sites for hydroxylation is 1. The molecule has 2 aromatic rings. The molecule has 1 saturated heterocycles. The third-order valence-corrected chi connectivity index (χ3v) is 6.10. The molecule has 2 unspecified atom stereocenters. The van der Waals surface area contributed by atoms with Crippen molar-refractivity contribution in [2.45, 2.75) is 44.7 Å². The number of hydrogen-bond acceptors (Lipinski definition) is 4. The van der Waals surface area contributed by atoms with E-state index in [0.717, 1.165) is 6.07 Å². The van der Waals surface area contributed by atoms with Crippen molar-refractivity contribution >= 4 is 16.6 Å². The minimum Gasteiger partial charge on any atom is -0.369 e. The van der Waals surface area contributed by atoms with Gasteiger partial charge in [0, 0.05) is 24.6 Å². The first-order valence-corrected chi connectivity index (χ1v) is 9.69. The van der Waals surface area contributed by atoms with E-state index >= 15 is 0 Å². The Morgan fingerprint density at radius 2 is 1.90 bits per heavy atom. The van der Waals surface area contributed by atoms with Gasteiger partial charge in [-0.2, -0.15) is 8.78 Å². The van der Waals surface area contributed by atoms with Crippen LogP contribution in [0.5, 0.6) is 0 Å². The second-order valence-corrected chi connectivity index (χ2v) is 8.09. The minimum absolute atomic E-state index is 0.0141. The van der Waals surface area contributed by atoms with E-state index in [0.29, 0.717) is 0 Å². The Morgan fingerprint density at radius 1 is 1.23 bits per heavy atom. The Hall–Kier alpha value is -2.43. The van der Waals surface area contributed by atoms with E-state index in [4.69, 9.17) is 5.73 Å². The highest BCUT2D eigenvalue weighted by Gasteiger charge is 2.50. The predicted octanol–water partition coefficient (Wildman–Crippen LogP) is 2.52. The van der Waals surface area contributed by atoms with Crippen LogP contribution in [0.2, 0.25) is 0 Å². The lowest BCUT2D eigenvalue weighted by molar-refractivity contribution is -0.103. The fraction of sp³-hybridized carbons (Fsp3) is 0.579. The molecule has 2 atom stereocenters. The quantitative estimate of drug-likeness (QED) is 0.712. The molecule has 4 rings (SSSR count). The molecule has 30 heavy (non-hydrogen) atoms. The standard InChI is InChI=1S/C19H21F5N4O2/c1-8-14-11(17(29)26-18(30)28(14)19(23,24)10-2-3-10)6-12(20)15(8)27-5-4-9(7-27)13(25)16(21)22/h6,9-10,13,16H,2-5,7,25H2,1H3,(H,26,29,30). The zero-order valence-corrected chi connectivity index (χ0v) is 16.1. The third-order valence-electron chi connectivity index (χ3n) is 6.10. The van der Waals surface area contributed by atoms with E-state index in [1.807, 2.05) is 4.98 Å². The number of aromatic nitrogens is 2. The van der Waals surface area contributed by atoms with E-state index in [1.165, 1.54) is 11.8 Å². The highest BCUT2D eigenvalue weighted by Crippen LogP contribution is 2.47. The third kappa shape index (κ3) is 3.19. The minimum atomic E-state index is -3.55. The SMILES string of the molecule is Cc1c(N2CCC(C(N)C(F)F)C2)c(F)cc2c(=O)[nH]c(=O)n(C(F)(F)C3CC3)c12. The molecule has 11 heteroatoms. The van der Waals surface area contributed by atoms with E-state index < -0.39 is 47.4 Å². The first-order chi connectivity index (χ1) is 14.0. The summed E-state index contributed by atoms with van der Waals surface area (Å²) >= 11 is 0. The van der Waals surface area contributed by atoms with Crippen molar-refractivity contribution in [2.75, 3.05) is 18.0 Å². The van der Waals surface area contributed by atoms with Gasteiger partial charge in [-0.15, -0.1) is 0 Å². The van der Waals surface area contributed by atoms with E-state index in [-0.39, 0.29) is 59.1 Å². The van der Waals surface area contributed by atoms with Crippen LogP contribution in [0.4, 0.5) is 27.6 Å². The van der Waals surface area contributed by atoms with Crippen molar-refractivity contribution in [3.8, 4) is 0 Å². The molecule has 1 aromatic heterocycles. The molecule has 0 spiro atoms. The Kier molecular flexibility index (Phi) is 4.91. The van der Waals surface area contributed by atoms with E-state index in [9.17, 15) is 31.5 Å². The number of benzene rings is 1. The van der Waals surface area contributed by atoms with Gasteiger partial charge in [-0.3, -0.25) is 9.78 Å². The molecule has 2 heterocycles. The van der Waals surface area contributed by atoms with Gasteiger partial charge in [0.05, 0.1) is 22.6 Å². The largest absolute Gasteiger partial charge is 0.369 e. The van der Waals surface area contributed by atoms with Crippen LogP contribution in [0.1, 0.15) is 24.8 Å². The Morgan fingerprint density at radius 3 is 2.50 bits per heavy atom. The molecule has 0 radical (unpaired) electrons. The Bertz CT molecular complexity index is 1110. The van der Waals surface area contributed by atoms with Gasteiger partial charge in [-0.25, -0.2) is 22.5 Å². The van der Waals surface area contributed by atoms with Crippen LogP contribution in [-0.4, -0.2) is 35.1 Å². The number of alkyl halides is 4. The molecule has 164 valence electrons. The summed E-state index contributed by atoms with van der Waals surface area (Å²) in [4.78, 5) is 27.9. The molecule has 0 bridgehead atoms. The van der Waals surface area contributed by atoms with Gasteiger partial charge in [0.1, 0.15) is 5.82 Å². The number of H-pyrrole nitrogens is 1. The normalized spacial score (nSPS) is 21.1. The molecule has 0 amide bonds. The van der Waals surface area contributed by atoms with Crippen molar-refractivity contribution in [3.63, 3.8) is 0 Å². The number of nitrogens with zero attached hydrogens (tertiary/aromatic N) is 2. The fourth-order valence-corrected chi connectivity index (χ4v) is 4.34. The lowest BCUT2D eigenvalue weighted by Gasteiger charge is -2.26. The highest BCUT2D eigenvalue weighted by molar-refractivity contribution is 5.87. The maximum Gasteiger partial charge on any atom is 0.336 e. The van der Waals surface area contributed by atoms with Crippen LogP contribution in [0.25, 0.3) is 10.9 Å². The van der Waals surface area contributed by atoms with Crippen molar-refractivity contribution in [3.05, 3.63) is 38.3 Å². The second kappa shape index (κ2) is 7.07. The lowest BCUT2D eigenvalue weighted by Crippen LogP contribution is -2.41. The fourth-order valence-electron chi connectivity index (χ4n) is 4.34. The molecule has 2 aliphatic rings. The van der Waals surface area contributed by atoms with Crippen molar-refractivity contribution in [1.29, 1.82) is 0 Å². The van der Waals surface area contributed by atoms with Crippen molar-refractivity contribution in [2.24, 2.45) is 17.6 Å². The molecule has 6 nitrogen and oxygen atoms in total. The number of anilines is 1. The monoisotopic (exact) mass is 432 g/mol. The topological polar surface area (TPSA) is 84.1 Å². The average molecular weight is 432 g/mol. The summed E-state index contributed by atoms with van der Waals surface area (Å²) in [5.41, 5.74) is 2.84. The van der Waals surface area contributed by atoms with Crippen LogP contribution in [0.3, 0.4) is 0 Å². The summed E-state index contributed by atoms with van der Waals surface area (Å²) in [7, 11) is 0. The molecule has 1 aromatic carbocycles. The zero-order chi connectivity index (χ0) is 22.0. The Labute approximate surface area is 167 Å². The number of aromatic amines is 1. The smallest absolute Gasteiger partial charge is 0.336 e. The van der Waals surface area contributed by atoms with Crippen molar-refractivity contribution < 1.29 is 22.0 Å². The molecule has 2 fully saturated rings. The van der Waals surface area contributed by atoms with Gasteiger partial charge in [0.15, 0.2) is 0 Å².